The van der Waals surface area contributed by atoms with Crippen LogP contribution >= 0.6 is 0 Å². The number of carbonyl (C=O) groups excluding carboxylic acids is 4. The minimum Gasteiger partial charge on any atom is -0.455 e. The number of carbonyl (C=O) groups is 4. The van der Waals surface area contributed by atoms with E-state index in [-0.39, 0.29) is 24.2 Å². The van der Waals surface area contributed by atoms with Crippen LogP contribution in [-0.4, -0.2) is 90.2 Å². The molecule has 1 aliphatic heterocycles. The van der Waals surface area contributed by atoms with Crippen molar-refractivity contribution in [3.05, 3.63) is 41.0 Å². The van der Waals surface area contributed by atoms with Gasteiger partial charge in [0, 0.05) is 50.9 Å². The van der Waals surface area contributed by atoms with Crippen molar-refractivity contribution >= 4 is 29.4 Å². The van der Waals surface area contributed by atoms with Gasteiger partial charge < -0.3 is 34.1 Å². The Morgan fingerprint density at radius 3 is 2.16 bits per heavy atom. The van der Waals surface area contributed by atoms with Crippen LogP contribution < -0.4 is 4.90 Å². The molecule has 1 heterocycles. The summed E-state index contributed by atoms with van der Waals surface area (Å²) in [6, 6.07) is 6.75. The monoisotopic (exact) mass is 627 g/mol. The van der Waals surface area contributed by atoms with Gasteiger partial charge in [-0.05, 0) is 54.7 Å². The number of benzene rings is 1. The molecule has 1 aromatic rings. The highest BCUT2D eigenvalue weighted by Gasteiger charge is 2.77. The summed E-state index contributed by atoms with van der Waals surface area (Å²) in [4.78, 5) is 56.2. The Morgan fingerprint density at radius 1 is 1.02 bits per heavy atom. The molecule has 11 nitrogen and oxygen atoms in total. The van der Waals surface area contributed by atoms with Crippen LogP contribution in [0.3, 0.4) is 0 Å². The van der Waals surface area contributed by atoms with Gasteiger partial charge in [0.05, 0.1) is 24.2 Å². The lowest BCUT2D eigenvalue weighted by molar-refractivity contribution is -0.340. The summed E-state index contributed by atoms with van der Waals surface area (Å²) in [7, 11) is 3.75. The zero-order valence-electron chi connectivity index (χ0n) is 27.5. The van der Waals surface area contributed by atoms with Crippen molar-refractivity contribution in [2.75, 3.05) is 25.6 Å². The molecule has 2 bridgehead atoms. The van der Waals surface area contributed by atoms with E-state index in [2.05, 4.69) is 0 Å². The quantitative estimate of drug-likeness (QED) is 0.282. The molecule has 11 heteroatoms. The summed E-state index contributed by atoms with van der Waals surface area (Å²) < 4.78 is 24.2. The van der Waals surface area contributed by atoms with E-state index >= 15 is 4.79 Å². The largest absolute Gasteiger partial charge is 0.455 e. The third-order valence-corrected chi connectivity index (χ3v) is 11.3. The molecule has 0 spiro atoms. The van der Waals surface area contributed by atoms with Crippen LogP contribution in [0.15, 0.2) is 35.4 Å². The number of rotatable bonds is 5. The van der Waals surface area contributed by atoms with Crippen LogP contribution in [0.2, 0.25) is 0 Å². The Kier molecular flexibility index (Phi) is 8.03. The maximum Gasteiger partial charge on any atom is 0.338 e. The first kappa shape index (κ1) is 33.1. The number of nitrogens with zero attached hydrogens (tertiary/aromatic N) is 1. The van der Waals surface area contributed by atoms with E-state index in [1.54, 1.807) is 52.0 Å². The average molecular weight is 628 g/mol. The third-order valence-electron chi connectivity index (χ3n) is 11.3. The fourth-order valence-electron chi connectivity index (χ4n) is 8.52. The summed E-state index contributed by atoms with van der Waals surface area (Å²) in [5.41, 5.74) is -4.55. The zero-order valence-corrected chi connectivity index (χ0v) is 27.5. The second kappa shape index (κ2) is 10.9. The van der Waals surface area contributed by atoms with Crippen LogP contribution in [0.5, 0.6) is 0 Å². The van der Waals surface area contributed by atoms with E-state index in [9.17, 15) is 24.6 Å². The summed E-state index contributed by atoms with van der Waals surface area (Å²) in [6.07, 6.45) is -4.74. The molecular weight excluding hydrogens is 582 g/mol. The summed E-state index contributed by atoms with van der Waals surface area (Å²) >= 11 is 0. The summed E-state index contributed by atoms with van der Waals surface area (Å²) in [5, 5.41) is 24.5. The third kappa shape index (κ3) is 4.72. The molecule has 4 aliphatic rings. The predicted octanol–water partition coefficient (Wildman–Crippen LogP) is 2.99. The number of aliphatic hydroxyl groups excluding tert-OH is 1. The van der Waals surface area contributed by atoms with Gasteiger partial charge in [0.25, 0.3) is 0 Å². The maximum atomic E-state index is 15.1. The molecule has 0 aromatic heterocycles. The predicted molar refractivity (Wildman–Crippen MR) is 162 cm³/mol. The van der Waals surface area contributed by atoms with E-state index in [1.807, 2.05) is 25.9 Å². The molecule has 3 fully saturated rings. The number of hydrogen-bond acceptors (Lipinski definition) is 11. The Hall–Kier alpha value is -3.28. The number of Topliss-reactive ketones (excluding diaryl/α,β-unsaturated/α-hetero) is 1. The number of ether oxygens (including phenoxy) is 4. The summed E-state index contributed by atoms with van der Waals surface area (Å²) in [5.74, 6) is -4.15. The fourth-order valence-corrected chi connectivity index (χ4v) is 8.52. The van der Waals surface area contributed by atoms with Gasteiger partial charge in [0.1, 0.15) is 17.8 Å². The highest BCUT2D eigenvalue weighted by Crippen LogP contribution is 2.65. The first-order chi connectivity index (χ1) is 20.8. The van der Waals surface area contributed by atoms with Gasteiger partial charge >= 0.3 is 17.9 Å². The molecular formula is C34H45NO10. The molecule has 2 N–H and O–H groups in total. The number of aliphatic hydroxyl groups is 2. The van der Waals surface area contributed by atoms with Crippen molar-refractivity contribution in [1.29, 1.82) is 0 Å². The van der Waals surface area contributed by atoms with Gasteiger partial charge in [0.15, 0.2) is 17.5 Å². The Balaban J connectivity index is 1.80. The van der Waals surface area contributed by atoms with Gasteiger partial charge in [-0.1, -0.05) is 27.7 Å². The van der Waals surface area contributed by atoms with Crippen molar-refractivity contribution in [3.63, 3.8) is 0 Å². The second-order valence-electron chi connectivity index (χ2n) is 14.2. The van der Waals surface area contributed by atoms with Crippen LogP contribution in [0.1, 0.15) is 71.7 Å². The van der Waals surface area contributed by atoms with Crippen LogP contribution in [-0.2, 0) is 33.3 Å². The van der Waals surface area contributed by atoms with E-state index in [4.69, 9.17) is 18.9 Å². The van der Waals surface area contributed by atoms with Crippen LogP contribution in [0.4, 0.5) is 5.69 Å². The molecule has 5 rings (SSSR count). The molecule has 7 unspecified atom stereocenters. The SMILES string of the molecule is CC(=O)OC1C(=O)[C@@]2(C)C(C(OC(=O)c3ccc(N(C)C)cc3)C3(O)CC(O)C(C)=C1C3(C)C)C1(OC(C)=O)COC1C[C@@H]2C. The Labute approximate surface area is 263 Å². The molecule has 3 aliphatic carbocycles. The molecule has 1 aromatic carbocycles. The van der Waals surface area contributed by atoms with Gasteiger partial charge in [0.2, 0.25) is 0 Å². The normalized spacial score (nSPS) is 38.4. The fraction of sp³-hybridized carbons (Fsp3) is 0.647. The average Bonchev–Trinajstić information content (AvgIpc) is 2.94. The van der Waals surface area contributed by atoms with Crippen molar-refractivity contribution in [3.8, 4) is 0 Å². The minimum absolute atomic E-state index is 0.0951. The van der Waals surface area contributed by atoms with E-state index in [1.165, 1.54) is 13.8 Å². The first-order valence-corrected chi connectivity index (χ1v) is 15.5. The zero-order chi connectivity index (χ0) is 33.4. The van der Waals surface area contributed by atoms with Gasteiger partial charge in [-0.15, -0.1) is 0 Å². The topological polar surface area (TPSA) is 149 Å². The lowest BCUT2D eigenvalue weighted by atomic mass is 9.43. The lowest BCUT2D eigenvalue weighted by Crippen LogP contribution is -2.80. The van der Waals surface area contributed by atoms with Gasteiger partial charge in [-0.2, -0.15) is 0 Å². The molecule has 2 saturated carbocycles. The standard InChI is InChI=1S/C34H45NO10/c1-17-14-24-33(16-42-24,45-20(4)37)27-29(44-30(40)21-10-12-22(13-11-21)35(8)9)34(41)15-23(38)18(2)25(31(34,5)6)26(43-19(3)36)28(39)32(17,27)7/h10-13,17,23-24,26-27,29,38,41H,14-16H2,1-9H3/t17-,23?,24?,26?,27?,29?,32+,33?,34?/m0/s1. The molecule has 1 saturated heterocycles. The first-order valence-electron chi connectivity index (χ1n) is 15.5. The second-order valence-corrected chi connectivity index (χ2v) is 14.2. The smallest absolute Gasteiger partial charge is 0.338 e. The number of anilines is 1. The van der Waals surface area contributed by atoms with Gasteiger partial charge in [-0.3, -0.25) is 14.4 Å². The lowest BCUT2D eigenvalue weighted by Gasteiger charge is -2.68. The van der Waals surface area contributed by atoms with E-state index in [0.717, 1.165) is 5.69 Å². The van der Waals surface area contributed by atoms with E-state index < -0.39 is 82.0 Å². The van der Waals surface area contributed by atoms with Crippen molar-refractivity contribution in [1.82, 2.24) is 0 Å². The van der Waals surface area contributed by atoms with Crippen molar-refractivity contribution in [2.45, 2.75) is 96.9 Å². The van der Waals surface area contributed by atoms with Crippen molar-refractivity contribution in [2.24, 2.45) is 22.7 Å². The van der Waals surface area contributed by atoms with Crippen molar-refractivity contribution < 1.29 is 48.3 Å². The molecule has 9 atom stereocenters. The van der Waals surface area contributed by atoms with Crippen LogP contribution in [0, 0.1) is 22.7 Å². The highest BCUT2D eigenvalue weighted by atomic mass is 16.6. The number of fused-ring (bicyclic) bond motifs is 5. The number of hydrogen-bond donors (Lipinski definition) is 2. The molecule has 45 heavy (non-hydrogen) atoms. The Bertz CT molecular complexity index is 1450. The Morgan fingerprint density at radius 2 is 1.64 bits per heavy atom. The molecule has 0 radical (unpaired) electrons. The number of ketones is 1. The highest BCUT2D eigenvalue weighted by molar-refractivity contribution is 5.95. The van der Waals surface area contributed by atoms with Crippen LogP contribution in [0.25, 0.3) is 0 Å². The minimum atomic E-state index is -2.02. The number of esters is 3. The molecule has 246 valence electrons. The molecule has 0 amide bonds. The van der Waals surface area contributed by atoms with E-state index in [0.29, 0.717) is 12.0 Å². The maximum absolute atomic E-state index is 15.1. The van der Waals surface area contributed by atoms with Gasteiger partial charge in [-0.25, -0.2) is 4.79 Å². The summed E-state index contributed by atoms with van der Waals surface area (Å²) in [6.45, 7) is 11.0.